The second-order valence-electron chi connectivity index (χ2n) is 5.58. The lowest BCUT2D eigenvalue weighted by atomic mass is 10.1. The predicted octanol–water partition coefficient (Wildman–Crippen LogP) is 3.76. The Morgan fingerprint density at radius 2 is 2.00 bits per heavy atom. The van der Waals surface area contributed by atoms with Crippen molar-refractivity contribution in [3.8, 4) is 22.6 Å². The Kier molecular flexibility index (Phi) is 4.29. The number of ether oxygens (including phenoxy) is 2. The standard InChI is InChI=1S/C16H20BrN3O2/c1-20-16(18)13(9-19-20)12-7-10(17)8-14(21-2)15(12)22-11-5-3-4-6-11/h7-9,11H,3-6,18H2,1-2H3. The molecule has 22 heavy (non-hydrogen) atoms. The van der Waals surface area contributed by atoms with Crippen LogP contribution in [0.25, 0.3) is 11.1 Å². The average Bonchev–Trinajstić information content (AvgIpc) is 3.12. The van der Waals surface area contributed by atoms with Gasteiger partial charge >= 0.3 is 0 Å². The van der Waals surface area contributed by atoms with Crippen LogP contribution in [0.2, 0.25) is 0 Å². The molecule has 0 spiro atoms. The van der Waals surface area contributed by atoms with Gasteiger partial charge in [0.25, 0.3) is 0 Å². The first-order chi connectivity index (χ1) is 10.6. The molecule has 0 radical (unpaired) electrons. The molecule has 3 rings (SSSR count). The fourth-order valence-corrected chi connectivity index (χ4v) is 3.31. The van der Waals surface area contributed by atoms with E-state index >= 15 is 0 Å². The second-order valence-corrected chi connectivity index (χ2v) is 6.49. The van der Waals surface area contributed by atoms with Crippen LogP contribution in [0.5, 0.6) is 11.5 Å². The monoisotopic (exact) mass is 365 g/mol. The second kappa shape index (κ2) is 6.20. The number of methoxy groups -OCH3 is 1. The van der Waals surface area contributed by atoms with Crippen molar-refractivity contribution in [2.45, 2.75) is 31.8 Å². The molecule has 0 unspecified atom stereocenters. The molecular weight excluding hydrogens is 346 g/mol. The third kappa shape index (κ3) is 2.79. The summed E-state index contributed by atoms with van der Waals surface area (Å²) in [5.41, 5.74) is 7.90. The first-order valence-electron chi connectivity index (χ1n) is 7.42. The maximum absolute atomic E-state index is 6.26. The van der Waals surface area contributed by atoms with Crippen LogP contribution < -0.4 is 15.2 Å². The smallest absolute Gasteiger partial charge is 0.169 e. The van der Waals surface area contributed by atoms with Gasteiger partial charge in [-0.25, -0.2) is 0 Å². The Bertz CT molecular complexity index is 678. The first-order valence-corrected chi connectivity index (χ1v) is 8.21. The molecule has 118 valence electrons. The molecule has 0 aliphatic heterocycles. The van der Waals surface area contributed by atoms with Crippen LogP contribution in [0, 0.1) is 0 Å². The first kappa shape index (κ1) is 15.2. The third-order valence-corrected chi connectivity index (χ3v) is 4.56. The van der Waals surface area contributed by atoms with Crippen LogP contribution in [0.3, 0.4) is 0 Å². The Labute approximate surface area is 138 Å². The van der Waals surface area contributed by atoms with E-state index in [9.17, 15) is 0 Å². The zero-order valence-corrected chi connectivity index (χ0v) is 14.4. The molecule has 1 saturated carbocycles. The van der Waals surface area contributed by atoms with Gasteiger partial charge in [-0.1, -0.05) is 15.9 Å². The number of nitrogen functional groups attached to an aromatic ring is 1. The zero-order chi connectivity index (χ0) is 15.7. The van der Waals surface area contributed by atoms with Crippen LogP contribution in [-0.4, -0.2) is 23.0 Å². The summed E-state index contributed by atoms with van der Waals surface area (Å²) in [6, 6.07) is 3.92. The Balaban J connectivity index is 2.10. The SMILES string of the molecule is COc1cc(Br)cc(-c2cnn(C)c2N)c1OC1CCCC1. The number of hydrogen-bond acceptors (Lipinski definition) is 4. The molecule has 2 aromatic rings. The number of aryl methyl sites for hydroxylation is 1. The van der Waals surface area contributed by atoms with Gasteiger partial charge in [0.15, 0.2) is 11.5 Å². The van der Waals surface area contributed by atoms with Crippen LogP contribution in [-0.2, 0) is 7.05 Å². The molecule has 5 nitrogen and oxygen atoms in total. The molecule has 2 N–H and O–H groups in total. The number of halogens is 1. The summed E-state index contributed by atoms with van der Waals surface area (Å²) in [4.78, 5) is 0. The van der Waals surface area contributed by atoms with E-state index in [2.05, 4.69) is 21.0 Å². The molecule has 1 aliphatic carbocycles. The van der Waals surface area contributed by atoms with E-state index in [1.165, 1.54) is 12.8 Å². The number of hydrogen-bond donors (Lipinski definition) is 1. The lowest BCUT2D eigenvalue weighted by molar-refractivity contribution is 0.202. The molecule has 1 aliphatic rings. The van der Waals surface area contributed by atoms with Gasteiger partial charge in [-0.3, -0.25) is 4.68 Å². The summed E-state index contributed by atoms with van der Waals surface area (Å²) in [5, 5.41) is 4.23. The number of nitrogens with two attached hydrogens (primary N) is 1. The Morgan fingerprint density at radius 1 is 1.27 bits per heavy atom. The number of anilines is 1. The van der Waals surface area contributed by atoms with E-state index < -0.39 is 0 Å². The highest BCUT2D eigenvalue weighted by atomic mass is 79.9. The highest BCUT2D eigenvalue weighted by Gasteiger charge is 2.23. The third-order valence-electron chi connectivity index (χ3n) is 4.10. The molecule has 0 bridgehead atoms. The van der Waals surface area contributed by atoms with Crippen LogP contribution >= 0.6 is 15.9 Å². The molecule has 1 aromatic heterocycles. The van der Waals surface area contributed by atoms with Gasteiger partial charge in [-0.2, -0.15) is 5.10 Å². The van der Waals surface area contributed by atoms with E-state index in [4.69, 9.17) is 15.2 Å². The van der Waals surface area contributed by atoms with Crippen LogP contribution in [0.15, 0.2) is 22.8 Å². The van der Waals surface area contributed by atoms with E-state index in [1.807, 2.05) is 19.2 Å². The van der Waals surface area contributed by atoms with E-state index in [1.54, 1.807) is 18.0 Å². The number of nitrogens with zero attached hydrogens (tertiary/aromatic N) is 2. The minimum Gasteiger partial charge on any atom is -0.493 e. The van der Waals surface area contributed by atoms with Gasteiger partial charge in [-0.15, -0.1) is 0 Å². The van der Waals surface area contributed by atoms with Crippen molar-refractivity contribution in [3.63, 3.8) is 0 Å². The minimum absolute atomic E-state index is 0.242. The number of rotatable bonds is 4. The maximum Gasteiger partial charge on any atom is 0.169 e. The van der Waals surface area contributed by atoms with E-state index in [-0.39, 0.29) is 6.10 Å². The van der Waals surface area contributed by atoms with Crippen molar-refractivity contribution in [3.05, 3.63) is 22.8 Å². The molecular formula is C16H20BrN3O2. The van der Waals surface area contributed by atoms with Crippen molar-refractivity contribution in [2.75, 3.05) is 12.8 Å². The molecule has 0 amide bonds. The van der Waals surface area contributed by atoms with Crippen LogP contribution in [0.4, 0.5) is 5.82 Å². The zero-order valence-electron chi connectivity index (χ0n) is 12.8. The number of aromatic nitrogens is 2. The largest absolute Gasteiger partial charge is 0.493 e. The molecule has 6 heteroatoms. The summed E-state index contributed by atoms with van der Waals surface area (Å²) >= 11 is 3.53. The van der Waals surface area contributed by atoms with Crippen molar-refractivity contribution in [2.24, 2.45) is 7.05 Å². The normalized spacial score (nSPS) is 15.2. The van der Waals surface area contributed by atoms with Gasteiger partial charge in [-0.05, 0) is 37.8 Å². The van der Waals surface area contributed by atoms with Crippen molar-refractivity contribution in [1.82, 2.24) is 9.78 Å². The fourth-order valence-electron chi connectivity index (χ4n) is 2.87. The Hall–Kier alpha value is -1.69. The summed E-state index contributed by atoms with van der Waals surface area (Å²) in [5.74, 6) is 2.06. The summed E-state index contributed by atoms with van der Waals surface area (Å²) in [6.45, 7) is 0. The molecule has 0 saturated heterocycles. The number of benzene rings is 1. The lowest BCUT2D eigenvalue weighted by Crippen LogP contribution is -2.12. The van der Waals surface area contributed by atoms with E-state index in [0.29, 0.717) is 11.6 Å². The van der Waals surface area contributed by atoms with Crippen LogP contribution in [0.1, 0.15) is 25.7 Å². The van der Waals surface area contributed by atoms with Crippen molar-refractivity contribution >= 4 is 21.7 Å². The summed E-state index contributed by atoms with van der Waals surface area (Å²) in [6.07, 6.45) is 6.61. The van der Waals surface area contributed by atoms with Gasteiger partial charge in [0.1, 0.15) is 5.82 Å². The van der Waals surface area contributed by atoms with Crippen molar-refractivity contribution in [1.29, 1.82) is 0 Å². The quantitative estimate of drug-likeness (QED) is 0.895. The molecule has 1 heterocycles. The molecule has 1 fully saturated rings. The Morgan fingerprint density at radius 3 is 2.59 bits per heavy atom. The van der Waals surface area contributed by atoms with Gasteiger partial charge in [0, 0.05) is 22.6 Å². The topological polar surface area (TPSA) is 62.3 Å². The summed E-state index contributed by atoms with van der Waals surface area (Å²) < 4.78 is 14.4. The predicted molar refractivity (Wildman–Crippen MR) is 90.2 cm³/mol. The molecule has 1 aromatic carbocycles. The lowest BCUT2D eigenvalue weighted by Gasteiger charge is -2.19. The van der Waals surface area contributed by atoms with Gasteiger partial charge < -0.3 is 15.2 Å². The van der Waals surface area contributed by atoms with Gasteiger partial charge in [0.05, 0.1) is 19.4 Å². The van der Waals surface area contributed by atoms with E-state index in [0.717, 1.165) is 34.2 Å². The fraction of sp³-hybridized carbons (Fsp3) is 0.438. The highest BCUT2D eigenvalue weighted by Crippen LogP contribution is 2.44. The molecule has 0 atom stereocenters. The minimum atomic E-state index is 0.242. The average molecular weight is 366 g/mol. The summed E-state index contributed by atoms with van der Waals surface area (Å²) in [7, 11) is 3.48. The van der Waals surface area contributed by atoms with Crippen molar-refractivity contribution < 1.29 is 9.47 Å². The highest BCUT2D eigenvalue weighted by molar-refractivity contribution is 9.10. The van der Waals surface area contributed by atoms with Gasteiger partial charge in [0.2, 0.25) is 0 Å². The maximum atomic E-state index is 6.26.